The second kappa shape index (κ2) is 8.35. The summed E-state index contributed by atoms with van der Waals surface area (Å²) in [6, 6.07) is 0. The Morgan fingerprint density at radius 2 is 1.33 bits per heavy atom. The summed E-state index contributed by atoms with van der Waals surface area (Å²) in [5.41, 5.74) is 10.6. The van der Waals surface area contributed by atoms with Gasteiger partial charge in [0.05, 0.1) is 0 Å². The summed E-state index contributed by atoms with van der Waals surface area (Å²) < 4.78 is 0. The van der Waals surface area contributed by atoms with Crippen molar-refractivity contribution in [3.8, 4) is 0 Å². The molecule has 0 atom stereocenters. The SMILES string of the molecule is NCCCPCCCN. The molecule has 0 bridgehead atoms. The van der Waals surface area contributed by atoms with Gasteiger partial charge in [0.1, 0.15) is 0 Å². The first-order chi connectivity index (χ1) is 4.41. The fourth-order valence-corrected chi connectivity index (χ4v) is 1.74. The fourth-order valence-electron chi connectivity index (χ4n) is 0.579. The molecule has 0 aliphatic heterocycles. The van der Waals surface area contributed by atoms with Crippen LogP contribution in [0.1, 0.15) is 12.8 Å². The summed E-state index contributed by atoms with van der Waals surface area (Å²) in [5, 5.41) is 0. The van der Waals surface area contributed by atoms with E-state index in [4.69, 9.17) is 11.5 Å². The van der Waals surface area contributed by atoms with Crippen molar-refractivity contribution >= 4 is 8.58 Å². The number of nitrogens with two attached hydrogens (primary N) is 2. The van der Waals surface area contributed by atoms with Crippen molar-refractivity contribution in [3.05, 3.63) is 0 Å². The average molecular weight is 148 g/mol. The molecule has 0 amide bonds. The Bertz CT molecular complexity index is 44.3. The van der Waals surface area contributed by atoms with Crippen LogP contribution in [0.15, 0.2) is 0 Å². The highest BCUT2D eigenvalue weighted by Gasteiger charge is 1.85. The first-order valence-electron chi connectivity index (χ1n) is 3.52. The molecule has 0 saturated carbocycles. The van der Waals surface area contributed by atoms with Crippen LogP contribution in [0, 0.1) is 0 Å². The van der Waals surface area contributed by atoms with E-state index >= 15 is 0 Å². The van der Waals surface area contributed by atoms with Crippen molar-refractivity contribution in [1.29, 1.82) is 0 Å². The summed E-state index contributed by atoms with van der Waals surface area (Å²) in [6.45, 7) is 1.69. The largest absolute Gasteiger partial charge is 0.330 e. The van der Waals surface area contributed by atoms with E-state index in [0.717, 1.165) is 21.7 Å². The molecule has 0 aliphatic carbocycles. The molecule has 0 aromatic carbocycles. The van der Waals surface area contributed by atoms with E-state index in [-0.39, 0.29) is 0 Å². The molecule has 0 spiro atoms. The molecule has 56 valence electrons. The lowest BCUT2D eigenvalue weighted by atomic mass is 10.5. The maximum Gasteiger partial charge on any atom is -0.00740 e. The fraction of sp³-hybridized carbons (Fsp3) is 1.00. The third-order valence-corrected chi connectivity index (χ3v) is 2.53. The highest BCUT2D eigenvalue weighted by atomic mass is 31.1. The molecule has 0 aromatic heterocycles. The second-order valence-electron chi connectivity index (χ2n) is 2.03. The van der Waals surface area contributed by atoms with Crippen LogP contribution in [0.25, 0.3) is 0 Å². The van der Waals surface area contributed by atoms with Gasteiger partial charge in [0.2, 0.25) is 0 Å². The maximum absolute atomic E-state index is 5.32. The van der Waals surface area contributed by atoms with Gasteiger partial charge in [0, 0.05) is 0 Å². The molecule has 0 unspecified atom stereocenters. The molecular formula is C6H17N2P. The topological polar surface area (TPSA) is 52.0 Å². The van der Waals surface area contributed by atoms with E-state index in [2.05, 4.69) is 0 Å². The lowest BCUT2D eigenvalue weighted by Crippen LogP contribution is -2.01. The number of hydrogen-bond acceptors (Lipinski definition) is 2. The number of hydrogen-bond donors (Lipinski definition) is 2. The van der Waals surface area contributed by atoms with Gasteiger partial charge in [-0.25, -0.2) is 0 Å². The Balaban J connectivity index is 2.60. The van der Waals surface area contributed by atoms with Gasteiger partial charge >= 0.3 is 0 Å². The standard InChI is InChI=1S/C6H17N2P/c7-3-1-5-9-6-2-4-8/h9H,1-8H2. The van der Waals surface area contributed by atoms with Gasteiger partial charge in [0.15, 0.2) is 0 Å². The molecule has 3 heteroatoms. The van der Waals surface area contributed by atoms with Crippen LogP contribution in [-0.2, 0) is 0 Å². The first kappa shape index (κ1) is 9.35. The lowest BCUT2D eigenvalue weighted by molar-refractivity contribution is 0.920. The first-order valence-corrected chi connectivity index (χ1v) is 4.94. The van der Waals surface area contributed by atoms with Gasteiger partial charge in [-0.05, 0) is 38.3 Å². The zero-order valence-corrected chi connectivity index (χ0v) is 6.90. The zero-order valence-electron chi connectivity index (χ0n) is 5.90. The van der Waals surface area contributed by atoms with Gasteiger partial charge in [0.25, 0.3) is 0 Å². The molecule has 0 rings (SSSR count). The predicted molar refractivity (Wildman–Crippen MR) is 45.4 cm³/mol. The third kappa shape index (κ3) is 8.35. The Morgan fingerprint density at radius 1 is 0.889 bits per heavy atom. The number of rotatable bonds is 6. The van der Waals surface area contributed by atoms with E-state index < -0.39 is 0 Å². The summed E-state index contributed by atoms with van der Waals surface area (Å²) >= 11 is 0. The Labute approximate surface area is 59.2 Å². The average Bonchev–Trinajstić information content (AvgIpc) is 1.89. The minimum absolute atomic E-state index is 0.843. The summed E-state index contributed by atoms with van der Waals surface area (Å²) in [5.74, 6) is 0. The van der Waals surface area contributed by atoms with Crippen molar-refractivity contribution in [3.63, 3.8) is 0 Å². The van der Waals surface area contributed by atoms with E-state index in [1.54, 1.807) is 0 Å². The van der Waals surface area contributed by atoms with Crippen LogP contribution < -0.4 is 11.5 Å². The van der Waals surface area contributed by atoms with Crippen molar-refractivity contribution in [1.82, 2.24) is 0 Å². The Kier molecular flexibility index (Phi) is 8.67. The van der Waals surface area contributed by atoms with Crippen molar-refractivity contribution in [2.45, 2.75) is 12.8 Å². The van der Waals surface area contributed by atoms with Crippen LogP contribution in [0.2, 0.25) is 0 Å². The highest BCUT2D eigenvalue weighted by molar-refractivity contribution is 7.37. The third-order valence-electron chi connectivity index (χ3n) is 1.12. The van der Waals surface area contributed by atoms with Crippen LogP contribution in [0.4, 0.5) is 0 Å². The molecular weight excluding hydrogens is 131 g/mol. The quantitative estimate of drug-likeness (QED) is 0.422. The van der Waals surface area contributed by atoms with Gasteiger partial charge in [-0.2, -0.15) is 0 Å². The van der Waals surface area contributed by atoms with E-state index in [0.29, 0.717) is 0 Å². The van der Waals surface area contributed by atoms with Gasteiger partial charge < -0.3 is 11.5 Å². The summed E-state index contributed by atoms with van der Waals surface area (Å²) in [4.78, 5) is 0. The molecule has 0 aliphatic rings. The molecule has 0 heterocycles. The van der Waals surface area contributed by atoms with Crippen LogP contribution in [-0.4, -0.2) is 25.4 Å². The monoisotopic (exact) mass is 148 g/mol. The smallest absolute Gasteiger partial charge is 0.00740 e. The van der Waals surface area contributed by atoms with E-state index in [1.165, 1.54) is 25.2 Å². The minimum Gasteiger partial charge on any atom is -0.330 e. The van der Waals surface area contributed by atoms with Gasteiger partial charge in [-0.3, -0.25) is 0 Å². The van der Waals surface area contributed by atoms with Gasteiger partial charge in [-0.15, -0.1) is 8.58 Å². The van der Waals surface area contributed by atoms with E-state index in [1.807, 2.05) is 0 Å². The van der Waals surface area contributed by atoms with Crippen molar-refractivity contribution in [2.24, 2.45) is 11.5 Å². The minimum atomic E-state index is 0.843. The molecule has 0 radical (unpaired) electrons. The molecule has 2 nitrogen and oxygen atoms in total. The zero-order chi connectivity index (χ0) is 6.95. The van der Waals surface area contributed by atoms with E-state index in [9.17, 15) is 0 Å². The Morgan fingerprint density at radius 3 is 1.67 bits per heavy atom. The van der Waals surface area contributed by atoms with Crippen LogP contribution >= 0.6 is 8.58 Å². The molecule has 0 fully saturated rings. The molecule has 0 aromatic rings. The summed E-state index contributed by atoms with van der Waals surface area (Å²) in [7, 11) is 1.09. The molecule has 9 heavy (non-hydrogen) atoms. The van der Waals surface area contributed by atoms with Crippen molar-refractivity contribution < 1.29 is 0 Å². The normalized spacial score (nSPS) is 10.0. The highest BCUT2D eigenvalue weighted by Crippen LogP contribution is 2.10. The predicted octanol–water partition coefficient (Wildman–Crippen LogP) is 0.362. The van der Waals surface area contributed by atoms with Crippen LogP contribution in [0.3, 0.4) is 0 Å². The Hall–Kier alpha value is 0.350. The van der Waals surface area contributed by atoms with Crippen molar-refractivity contribution in [2.75, 3.05) is 25.4 Å². The van der Waals surface area contributed by atoms with Crippen LogP contribution in [0.5, 0.6) is 0 Å². The van der Waals surface area contributed by atoms with Gasteiger partial charge in [-0.1, -0.05) is 0 Å². The maximum atomic E-state index is 5.32. The second-order valence-corrected chi connectivity index (χ2v) is 3.53. The molecule has 4 N–H and O–H groups in total. The molecule has 0 saturated heterocycles. The lowest BCUT2D eigenvalue weighted by Gasteiger charge is -1.96. The summed E-state index contributed by atoms with van der Waals surface area (Å²) in [6.07, 6.45) is 4.97.